The Morgan fingerprint density at radius 2 is 1.71 bits per heavy atom. The first-order chi connectivity index (χ1) is 15.1. The van der Waals surface area contributed by atoms with Gasteiger partial charge in [-0.2, -0.15) is 0 Å². The molecule has 9 heteroatoms. The summed E-state index contributed by atoms with van der Waals surface area (Å²) in [5, 5.41) is 11.7. The van der Waals surface area contributed by atoms with Crippen LogP contribution in [0.2, 0.25) is 0 Å². The summed E-state index contributed by atoms with van der Waals surface area (Å²) in [6, 6.07) is 19.2. The first-order valence-corrected chi connectivity index (χ1v) is 11.7. The molecule has 0 N–H and O–H groups in total. The number of nitro groups is 1. The van der Waals surface area contributed by atoms with E-state index in [1.54, 1.807) is 27.8 Å². The molecule has 0 amide bonds. The van der Waals surface area contributed by atoms with Crippen LogP contribution in [0.3, 0.4) is 0 Å². The van der Waals surface area contributed by atoms with Gasteiger partial charge in [-0.3, -0.25) is 10.1 Å². The number of carbonyl (C=O) groups is 1. The van der Waals surface area contributed by atoms with Gasteiger partial charge in [0.05, 0.1) is 10.2 Å². The first kappa shape index (κ1) is 21.2. The zero-order valence-corrected chi connectivity index (χ0v) is 17.9. The van der Waals surface area contributed by atoms with Crippen molar-refractivity contribution in [1.29, 1.82) is 0 Å². The second-order valence-electron chi connectivity index (χ2n) is 6.82. The van der Waals surface area contributed by atoms with Crippen LogP contribution in [0.5, 0.6) is 5.75 Å². The van der Waals surface area contributed by atoms with Gasteiger partial charge in [-0.1, -0.05) is 41.1 Å². The van der Waals surface area contributed by atoms with Gasteiger partial charge in [0, 0.05) is 24.8 Å². The molecular formula is C22H18N2O5S2. The van der Waals surface area contributed by atoms with Crippen molar-refractivity contribution in [2.45, 2.75) is 29.2 Å². The fraction of sp³-hybridized carbons (Fsp3) is 0.182. The molecule has 2 aromatic carbocycles. The van der Waals surface area contributed by atoms with Crippen molar-refractivity contribution in [2.24, 2.45) is 0 Å². The first-order valence-electron chi connectivity index (χ1n) is 9.52. The van der Waals surface area contributed by atoms with Gasteiger partial charge in [-0.25, -0.2) is 9.78 Å². The van der Waals surface area contributed by atoms with Crippen molar-refractivity contribution in [2.75, 3.05) is 0 Å². The maximum absolute atomic E-state index is 12.4. The van der Waals surface area contributed by atoms with Gasteiger partial charge in [0.2, 0.25) is 0 Å². The van der Waals surface area contributed by atoms with Crippen LogP contribution in [-0.4, -0.2) is 27.4 Å². The molecule has 4 rings (SSSR count). The lowest BCUT2D eigenvalue weighted by Crippen LogP contribution is -2.37. The molecule has 1 aliphatic carbocycles. The minimum absolute atomic E-state index is 0.0197. The Morgan fingerprint density at radius 3 is 2.39 bits per heavy atom. The van der Waals surface area contributed by atoms with Crippen molar-refractivity contribution in [3.8, 4) is 5.75 Å². The molecule has 0 aliphatic heterocycles. The van der Waals surface area contributed by atoms with Crippen LogP contribution in [0.15, 0.2) is 78.0 Å². The van der Waals surface area contributed by atoms with E-state index in [1.165, 1.54) is 29.8 Å². The van der Waals surface area contributed by atoms with Gasteiger partial charge in [0.1, 0.15) is 16.9 Å². The Bertz CT molecular complexity index is 1060. The lowest BCUT2D eigenvalue weighted by atomic mass is 9.89. The molecular weight excluding hydrogens is 436 g/mol. The average molecular weight is 455 g/mol. The number of non-ortho nitro benzene ring substituents is 1. The predicted octanol–water partition coefficient (Wildman–Crippen LogP) is 5.48. The molecule has 2 atom stereocenters. The highest BCUT2D eigenvalue weighted by molar-refractivity contribution is 8.76. The number of hydrogen-bond acceptors (Lipinski definition) is 8. The molecule has 1 heterocycles. The molecule has 0 bridgehead atoms. The molecule has 0 fully saturated rings. The molecule has 3 aromatic rings. The van der Waals surface area contributed by atoms with Crippen LogP contribution >= 0.6 is 21.6 Å². The largest absolute Gasteiger partial charge is 0.514 e. The molecule has 0 radical (unpaired) electrons. The van der Waals surface area contributed by atoms with E-state index in [2.05, 4.69) is 11.1 Å². The van der Waals surface area contributed by atoms with Crippen molar-refractivity contribution < 1.29 is 19.2 Å². The van der Waals surface area contributed by atoms with Crippen LogP contribution in [0.25, 0.3) is 0 Å². The number of nitro benzene ring substituents is 1. The minimum atomic E-state index is -0.827. The van der Waals surface area contributed by atoms with Crippen LogP contribution in [0, 0.1) is 10.1 Å². The number of aromatic nitrogens is 1. The molecule has 0 unspecified atom stereocenters. The number of ether oxygens (including phenoxy) is 2. The normalized spacial score (nSPS) is 17.4. The number of pyridine rings is 1. The Hall–Kier alpha value is -3.04. The van der Waals surface area contributed by atoms with E-state index in [1.807, 2.05) is 36.4 Å². The summed E-state index contributed by atoms with van der Waals surface area (Å²) in [7, 11) is 3.17. The molecule has 1 aromatic heterocycles. The van der Waals surface area contributed by atoms with Crippen LogP contribution < -0.4 is 4.74 Å². The minimum Gasteiger partial charge on any atom is -0.429 e. The van der Waals surface area contributed by atoms with Crippen LogP contribution in [0.1, 0.15) is 11.1 Å². The zero-order valence-electron chi connectivity index (χ0n) is 16.2. The molecule has 158 valence electrons. The summed E-state index contributed by atoms with van der Waals surface area (Å²) in [6.45, 7) is 0. The standard InChI is InChI=1S/C22H18N2O5S2/c25-22(28-18-10-8-17(9-11-18)24(26)27)29-19-13-15-5-1-2-6-16(15)14-20(19)30-31-21-7-3-4-12-23-21/h1-12,19-20H,13-14H2/t19-,20-/m0/s1. The van der Waals surface area contributed by atoms with Crippen molar-refractivity contribution in [3.63, 3.8) is 0 Å². The van der Waals surface area contributed by atoms with Crippen LogP contribution in [-0.2, 0) is 17.6 Å². The van der Waals surface area contributed by atoms with E-state index in [0.717, 1.165) is 17.0 Å². The third-order valence-electron chi connectivity index (χ3n) is 4.77. The molecule has 7 nitrogen and oxygen atoms in total. The van der Waals surface area contributed by atoms with E-state index in [-0.39, 0.29) is 22.8 Å². The van der Waals surface area contributed by atoms with Crippen molar-refractivity contribution >= 4 is 33.4 Å². The molecule has 0 spiro atoms. The Balaban J connectivity index is 1.44. The van der Waals surface area contributed by atoms with Gasteiger partial charge < -0.3 is 9.47 Å². The van der Waals surface area contributed by atoms with Crippen LogP contribution in [0.4, 0.5) is 10.5 Å². The fourth-order valence-electron chi connectivity index (χ4n) is 3.25. The van der Waals surface area contributed by atoms with Gasteiger partial charge in [0.15, 0.2) is 0 Å². The maximum Gasteiger partial charge on any atom is 0.514 e. The third-order valence-corrected chi connectivity index (χ3v) is 7.53. The predicted molar refractivity (Wildman–Crippen MR) is 119 cm³/mol. The summed E-state index contributed by atoms with van der Waals surface area (Å²) in [4.78, 5) is 27.0. The Labute approximate surface area is 186 Å². The number of carbonyl (C=O) groups excluding carboxylic acids is 1. The summed E-state index contributed by atoms with van der Waals surface area (Å²) < 4.78 is 10.9. The highest BCUT2D eigenvalue weighted by Gasteiger charge is 2.33. The highest BCUT2D eigenvalue weighted by Crippen LogP contribution is 2.40. The van der Waals surface area contributed by atoms with Gasteiger partial charge >= 0.3 is 6.16 Å². The van der Waals surface area contributed by atoms with Gasteiger partial charge in [-0.15, -0.1) is 0 Å². The molecule has 0 saturated carbocycles. The van der Waals surface area contributed by atoms with Gasteiger partial charge in [0.25, 0.3) is 5.69 Å². The summed E-state index contributed by atoms with van der Waals surface area (Å²) in [5.41, 5.74) is 2.31. The third kappa shape index (κ3) is 5.56. The number of nitrogens with zero attached hydrogens (tertiary/aromatic N) is 2. The van der Waals surface area contributed by atoms with E-state index in [0.29, 0.717) is 6.42 Å². The Morgan fingerprint density at radius 1 is 1.00 bits per heavy atom. The second-order valence-corrected chi connectivity index (χ2v) is 9.28. The zero-order chi connectivity index (χ0) is 21.6. The fourth-order valence-corrected chi connectivity index (χ4v) is 5.77. The number of fused-ring (bicyclic) bond motifs is 1. The van der Waals surface area contributed by atoms with E-state index < -0.39 is 11.1 Å². The number of benzene rings is 2. The molecule has 1 aliphatic rings. The number of rotatable bonds is 6. The van der Waals surface area contributed by atoms with E-state index >= 15 is 0 Å². The number of hydrogen-bond donors (Lipinski definition) is 0. The quantitative estimate of drug-likeness (QED) is 0.159. The Kier molecular flexibility index (Phi) is 6.73. The summed E-state index contributed by atoms with van der Waals surface area (Å²) in [6.07, 6.45) is 1.89. The highest BCUT2D eigenvalue weighted by atomic mass is 33.1. The molecule has 0 saturated heterocycles. The van der Waals surface area contributed by atoms with E-state index in [4.69, 9.17) is 9.47 Å². The lowest BCUT2D eigenvalue weighted by molar-refractivity contribution is -0.384. The SMILES string of the molecule is O=C(Oc1ccc([N+](=O)[O-])cc1)O[C@H]1Cc2ccccc2C[C@@H]1SSc1ccccn1. The molecule has 31 heavy (non-hydrogen) atoms. The summed E-state index contributed by atoms with van der Waals surface area (Å²) in [5.74, 6) is 0.193. The second kappa shape index (κ2) is 9.84. The lowest BCUT2D eigenvalue weighted by Gasteiger charge is -2.31. The smallest absolute Gasteiger partial charge is 0.429 e. The van der Waals surface area contributed by atoms with Crippen molar-refractivity contribution in [1.82, 2.24) is 4.98 Å². The van der Waals surface area contributed by atoms with E-state index in [9.17, 15) is 14.9 Å². The monoisotopic (exact) mass is 454 g/mol. The van der Waals surface area contributed by atoms with Gasteiger partial charge in [-0.05, 0) is 52.6 Å². The average Bonchev–Trinajstić information content (AvgIpc) is 2.78. The maximum atomic E-state index is 12.4. The summed E-state index contributed by atoms with van der Waals surface area (Å²) >= 11 is 0. The van der Waals surface area contributed by atoms with Crippen molar-refractivity contribution in [3.05, 3.63) is 94.2 Å². The topological polar surface area (TPSA) is 91.6 Å².